The van der Waals surface area contributed by atoms with E-state index < -0.39 is 5.97 Å². The van der Waals surface area contributed by atoms with Crippen LogP contribution in [0.2, 0.25) is 0 Å². The maximum atomic E-state index is 10.8. The molecular formula is C14H27NO2. The normalized spacial score (nSPS) is 20.9. The van der Waals surface area contributed by atoms with Crippen LogP contribution in [0.15, 0.2) is 0 Å². The molecule has 0 saturated carbocycles. The minimum atomic E-state index is -0.646. The van der Waals surface area contributed by atoms with E-state index >= 15 is 0 Å². The van der Waals surface area contributed by atoms with Gasteiger partial charge in [0.1, 0.15) is 0 Å². The van der Waals surface area contributed by atoms with Crippen molar-refractivity contribution in [3.05, 3.63) is 0 Å². The summed E-state index contributed by atoms with van der Waals surface area (Å²) in [6, 6.07) is 0. The van der Waals surface area contributed by atoms with Crippen molar-refractivity contribution in [2.45, 2.75) is 46.5 Å². The summed E-state index contributed by atoms with van der Waals surface area (Å²) in [4.78, 5) is 13.3. The van der Waals surface area contributed by atoms with Gasteiger partial charge in [-0.25, -0.2) is 0 Å². The fourth-order valence-electron chi connectivity index (χ4n) is 2.56. The van der Waals surface area contributed by atoms with Crippen LogP contribution in [0, 0.1) is 17.8 Å². The molecule has 0 amide bonds. The van der Waals surface area contributed by atoms with Gasteiger partial charge in [0.2, 0.25) is 0 Å². The Bertz CT molecular complexity index is 236. The molecule has 1 aliphatic rings. The first kappa shape index (κ1) is 14.5. The van der Waals surface area contributed by atoms with E-state index in [1.165, 1.54) is 32.2 Å². The first-order chi connectivity index (χ1) is 8.08. The molecule has 0 bridgehead atoms. The molecular weight excluding hydrogens is 214 g/mol. The van der Waals surface area contributed by atoms with Crippen LogP contribution in [0.25, 0.3) is 0 Å². The summed E-state index contributed by atoms with van der Waals surface area (Å²) in [7, 11) is 0. The van der Waals surface area contributed by atoms with Crippen molar-refractivity contribution < 1.29 is 9.90 Å². The zero-order valence-electron chi connectivity index (χ0n) is 11.5. The highest BCUT2D eigenvalue weighted by molar-refractivity contribution is 5.70. The summed E-state index contributed by atoms with van der Waals surface area (Å²) >= 11 is 0. The van der Waals surface area contributed by atoms with E-state index in [-0.39, 0.29) is 5.92 Å². The van der Waals surface area contributed by atoms with Crippen LogP contribution in [-0.4, -0.2) is 35.6 Å². The Morgan fingerprint density at radius 3 is 2.53 bits per heavy atom. The highest BCUT2D eigenvalue weighted by atomic mass is 16.4. The Morgan fingerprint density at radius 1 is 1.41 bits per heavy atom. The molecule has 1 aliphatic heterocycles. The van der Waals surface area contributed by atoms with E-state index in [1.54, 1.807) is 0 Å². The number of likely N-dealkylation sites (tertiary alicyclic amines) is 1. The van der Waals surface area contributed by atoms with Crippen LogP contribution >= 0.6 is 0 Å². The van der Waals surface area contributed by atoms with Gasteiger partial charge in [0.25, 0.3) is 0 Å². The monoisotopic (exact) mass is 241 g/mol. The highest BCUT2D eigenvalue weighted by Gasteiger charge is 2.34. The number of carbonyl (C=O) groups is 1. The SMILES string of the molecule is CCCCC(CC)CN1CC(C(C)C(=O)O)C1. The van der Waals surface area contributed by atoms with Crippen LogP contribution in [0.5, 0.6) is 0 Å². The van der Waals surface area contributed by atoms with E-state index in [0.717, 1.165) is 19.0 Å². The van der Waals surface area contributed by atoms with Gasteiger partial charge in [-0.2, -0.15) is 0 Å². The van der Waals surface area contributed by atoms with Crippen molar-refractivity contribution in [2.24, 2.45) is 17.8 Å². The molecule has 3 heteroatoms. The van der Waals surface area contributed by atoms with Crippen molar-refractivity contribution in [3.8, 4) is 0 Å². The Balaban J connectivity index is 2.21. The van der Waals surface area contributed by atoms with Crippen molar-refractivity contribution in [1.29, 1.82) is 0 Å². The lowest BCUT2D eigenvalue weighted by Gasteiger charge is -2.42. The van der Waals surface area contributed by atoms with Gasteiger partial charge in [-0.05, 0) is 18.3 Å². The van der Waals surface area contributed by atoms with Crippen molar-refractivity contribution in [2.75, 3.05) is 19.6 Å². The van der Waals surface area contributed by atoms with E-state index in [1.807, 2.05) is 6.92 Å². The molecule has 0 spiro atoms. The fraction of sp³-hybridized carbons (Fsp3) is 0.929. The number of nitrogens with zero attached hydrogens (tertiary/aromatic N) is 1. The van der Waals surface area contributed by atoms with E-state index in [2.05, 4.69) is 18.7 Å². The van der Waals surface area contributed by atoms with E-state index in [0.29, 0.717) is 5.92 Å². The maximum Gasteiger partial charge on any atom is 0.306 e. The number of hydrogen-bond donors (Lipinski definition) is 1. The minimum Gasteiger partial charge on any atom is -0.481 e. The average molecular weight is 241 g/mol. The minimum absolute atomic E-state index is 0.179. The number of unbranched alkanes of at least 4 members (excludes halogenated alkanes) is 1. The molecule has 0 radical (unpaired) electrons. The molecule has 1 heterocycles. The third-order valence-corrected chi connectivity index (χ3v) is 4.14. The van der Waals surface area contributed by atoms with E-state index in [4.69, 9.17) is 5.11 Å². The van der Waals surface area contributed by atoms with Crippen molar-refractivity contribution in [3.63, 3.8) is 0 Å². The van der Waals surface area contributed by atoms with Gasteiger partial charge in [0.15, 0.2) is 0 Å². The third kappa shape index (κ3) is 4.30. The fourth-order valence-corrected chi connectivity index (χ4v) is 2.56. The molecule has 1 saturated heterocycles. The first-order valence-electron chi connectivity index (χ1n) is 7.03. The molecule has 1 fully saturated rings. The Kier molecular flexibility index (Phi) is 5.96. The van der Waals surface area contributed by atoms with Crippen molar-refractivity contribution in [1.82, 2.24) is 4.90 Å². The summed E-state index contributed by atoms with van der Waals surface area (Å²) in [5, 5.41) is 8.93. The van der Waals surface area contributed by atoms with Gasteiger partial charge >= 0.3 is 5.97 Å². The second kappa shape index (κ2) is 7.00. The molecule has 0 aromatic rings. The summed E-state index contributed by atoms with van der Waals surface area (Å²) < 4.78 is 0. The number of aliphatic carboxylic acids is 1. The van der Waals surface area contributed by atoms with Crippen LogP contribution < -0.4 is 0 Å². The van der Waals surface area contributed by atoms with Crippen LogP contribution in [0.3, 0.4) is 0 Å². The van der Waals surface area contributed by atoms with Gasteiger partial charge in [-0.1, -0.05) is 40.0 Å². The lowest BCUT2D eigenvalue weighted by Crippen LogP contribution is -2.52. The summed E-state index contributed by atoms with van der Waals surface area (Å²) in [5.74, 6) is 0.349. The molecule has 0 aliphatic carbocycles. The lowest BCUT2D eigenvalue weighted by atomic mass is 9.85. The Hall–Kier alpha value is -0.570. The highest BCUT2D eigenvalue weighted by Crippen LogP contribution is 2.26. The van der Waals surface area contributed by atoms with Crippen molar-refractivity contribution >= 4 is 5.97 Å². The van der Waals surface area contributed by atoms with Crippen LogP contribution in [0.1, 0.15) is 46.5 Å². The molecule has 2 unspecified atom stereocenters. The molecule has 0 aromatic heterocycles. The predicted octanol–water partition coefficient (Wildman–Crippen LogP) is 2.86. The molecule has 100 valence electrons. The molecule has 2 atom stereocenters. The zero-order valence-corrected chi connectivity index (χ0v) is 11.5. The Labute approximate surface area is 105 Å². The number of carboxylic acids is 1. The molecule has 17 heavy (non-hydrogen) atoms. The second-order valence-electron chi connectivity index (χ2n) is 5.52. The second-order valence-corrected chi connectivity index (χ2v) is 5.52. The summed E-state index contributed by atoms with van der Waals surface area (Å²) in [6.07, 6.45) is 5.16. The predicted molar refractivity (Wildman–Crippen MR) is 70.0 cm³/mol. The largest absolute Gasteiger partial charge is 0.481 e. The smallest absolute Gasteiger partial charge is 0.306 e. The van der Waals surface area contributed by atoms with Crippen LogP contribution in [0.4, 0.5) is 0 Å². The maximum absolute atomic E-state index is 10.8. The molecule has 3 nitrogen and oxygen atoms in total. The molecule has 0 aromatic carbocycles. The van der Waals surface area contributed by atoms with E-state index in [9.17, 15) is 4.79 Å². The van der Waals surface area contributed by atoms with Crippen LogP contribution in [-0.2, 0) is 4.79 Å². The average Bonchev–Trinajstić information content (AvgIpc) is 2.25. The topological polar surface area (TPSA) is 40.5 Å². The Morgan fingerprint density at radius 2 is 2.06 bits per heavy atom. The zero-order chi connectivity index (χ0) is 12.8. The number of rotatable bonds is 8. The quantitative estimate of drug-likeness (QED) is 0.710. The first-order valence-corrected chi connectivity index (χ1v) is 7.03. The lowest BCUT2D eigenvalue weighted by molar-refractivity contribution is -0.145. The van der Waals surface area contributed by atoms with Gasteiger partial charge in [0.05, 0.1) is 5.92 Å². The van der Waals surface area contributed by atoms with Gasteiger partial charge in [0, 0.05) is 19.6 Å². The number of carboxylic acid groups (broad SMARTS) is 1. The molecule has 1 rings (SSSR count). The standard InChI is InChI=1S/C14H27NO2/c1-4-6-7-12(5-2)8-15-9-13(10-15)11(3)14(16)17/h11-13H,4-10H2,1-3H3,(H,16,17). The number of hydrogen-bond acceptors (Lipinski definition) is 2. The van der Waals surface area contributed by atoms with Gasteiger partial charge in [-0.3, -0.25) is 4.79 Å². The third-order valence-electron chi connectivity index (χ3n) is 4.14. The molecule has 1 N–H and O–H groups in total. The van der Waals surface area contributed by atoms with Gasteiger partial charge < -0.3 is 10.0 Å². The summed E-state index contributed by atoms with van der Waals surface area (Å²) in [5.41, 5.74) is 0. The van der Waals surface area contributed by atoms with Gasteiger partial charge in [-0.15, -0.1) is 0 Å². The summed E-state index contributed by atoms with van der Waals surface area (Å²) in [6.45, 7) is 9.46.